The first-order chi connectivity index (χ1) is 12.1. The molecule has 1 atom stereocenters. The Labute approximate surface area is 134 Å². The van der Waals surface area contributed by atoms with E-state index in [1.54, 1.807) is 17.7 Å². The van der Waals surface area contributed by atoms with Crippen LogP contribution in [0, 0.1) is 0 Å². The van der Waals surface area contributed by atoms with E-state index in [2.05, 4.69) is 16.9 Å². The van der Waals surface area contributed by atoms with Crippen molar-refractivity contribution in [3.8, 4) is 0 Å². The first kappa shape index (κ1) is 10.9. The molecule has 0 aliphatic carbocycles. The standard InChI is InChI=1S/C16H26N4O/c1-5-10-19(14(3)15(4)21)12-8-7-9-16-13-20(11-6-2)18-17-16/h5-6,13-14H,1-2,7-12H2,3-4H3/t14-/m0/s1/i1D2,5D,10D2. The zero-order valence-electron chi connectivity index (χ0n) is 17.7. The Morgan fingerprint density at radius 3 is 3.19 bits per heavy atom. The molecule has 0 aliphatic rings. The second-order valence-corrected chi connectivity index (χ2v) is 4.89. The highest BCUT2D eigenvalue weighted by Gasteiger charge is 2.15. The van der Waals surface area contributed by atoms with Crippen LogP contribution in [0.4, 0.5) is 0 Å². The minimum atomic E-state index is -2.35. The number of rotatable bonds is 11. The van der Waals surface area contributed by atoms with E-state index in [9.17, 15) is 4.79 Å². The van der Waals surface area contributed by atoms with E-state index in [0.29, 0.717) is 25.8 Å². The monoisotopic (exact) mass is 295 g/mol. The van der Waals surface area contributed by atoms with Crippen LogP contribution in [0.3, 0.4) is 0 Å². The molecule has 0 unspecified atom stereocenters. The molecule has 1 rings (SSSR count). The second kappa shape index (κ2) is 9.23. The van der Waals surface area contributed by atoms with E-state index in [-0.39, 0.29) is 12.3 Å². The highest BCUT2D eigenvalue weighted by molar-refractivity contribution is 5.80. The summed E-state index contributed by atoms with van der Waals surface area (Å²) in [6, 6.07) is -1.50. The van der Waals surface area contributed by atoms with Gasteiger partial charge in [-0.3, -0.25) is 9.69 Å². The Bertz CT molecular complexity index is 655. The Hall–Kier alpha value is -1.75. The number of carbonyl (C=O) groups is 1. The first-order valence-electron chi connectivity index (χ1n) is 9.52. The van der Waals surface area contributed by atoms with Gasteiger partial charge in [0.05, 0.1) is 22.4 Å². The first-order valence-corrected chi connectivity index (χ1v) is 7.02. The van der Waals surface area contributed by atoms with Crippen LogP contribution in [0.1, 0.15) is 39.2 Å². The number of hydrogen-bond acceptors (Lipinski definition) is 4. The lowest BCUT2D eigenvalue weighted by molar-refractivity contribution is -0.121. The molecule has 1 aromatic rings. The molecular weight excluding hydrogens is 264 g/mol. The van der Waals surface area contributed by atoms with Gasteiger partial charge in [-0.2, -0.15) is 0 Å². The topological polar surface area (TPSA) is 51.0 Å². The number of Topliss-reactive ketones (excluding diaryl/α,β-unsaturated/α-hetero) is 1. The lowest BCUT2D eigenvalue weighted by Gasteiger charge is -2.25. The van der Waals surface area contributed by atoms with E-state index < -0.39 is 25.1 Å². The van der Waals surface area contributed by atoms with E-state index in [4.69, 9.17) is 6.85 Å². The van der Waals surface area contributed by atoms with E-state index in [1.165, 1.54) is 11.8 Å². The zero-order chi connectivity index (χ0) is 19.9. The molecule has 1 aromatic heterocycles. The third-order valence-corrected chi connectivity index (χ3v) is 3.24. The van der Waals surface area contributed by atoms with Crippen LogP contribution in [0.15, 0.2) is 31.4 Å². The van der Waals surface area contributed by atoms with E-state index >= 15 is 0 Å². The maximum absolute atomic E-state index is 11.7. The molecule has 116 valence electrons. The molecule has 0 N–H and O–H groups in total. The SMILES string of the molecule is [2H]C([2H])=C([2H])C([2H])([2H])N(CCCCc1cn(CC=C)nn1)[C@@H](C)C(C)=O. The molecule has 5 nitrogen and oxygen atoms in total. The average molecular weight is 295 g/mol. The molecule has 0 saturated heterocycles. The van der Waals surface area contributed by atoms with Gasteiger partial charge in [-0.05, 0) is 39.7 Å². The van der Waals surface area contributed by atoms with Crippen LogP contribution < -0.4 is 0 Å². The molecule has 0 bridgehead atoms. The van der Waals surface area contributed by atoms with E-state index in [0.717, 1.165) is 5.69 Å². The predicted molar refractivity (Wildman–Crippen MR) is 85.1 cm³/mol. The van der Waals surface area contributed by atoms with Gasteiger partial charge in [-0.15, -0.1) is 18.2 Å². The van der Waals surface area contributed by atoms with Crippen molar-refractivity contribution >= 4 is 5.78 Å². The number of unbranched alkanes of at least 4 members (excludes halogenated alkanes) is 1. The summed E-state index contributed by atoms with van der Waals surface area (Å²) in [6.07, 6.45) is 5.49. The Morgan fingerprint density at radius 2 is 2.52 bits per heavy atom. The van der Waals surface area contributed by atoms with Gasteiger partial charge >= 0.3 is 0 Å². The quantitative estimate of drug-likeness (QED) is 0.464. The summed E-state index contributed by atoms with van der Waals surface area (Å²) in [6.45, 7) is 4.13. The van der Waals surface area contributed by atoms with Crippen LogP contribution >= 0.6 is 0 Å². The molecular formula is C16H26N4O. The summed E-state index contributed by atoms with van der Waals surface area (Å²) in [7, 11) is 0. The maximum Gasteiger partial charge on any atom is 0.146 e. The fourth-order valence-electron chi connectivity index (χ4n) is 1.90. The summed E-state index contributed by atoms with van der Waals surface area (Å²) in [5.74, 6) is -0.231. The van der Waals surface area contributed by atoms with Crippen molar-refractivity contribution in [3.63, 3.8) is 0 Å². The second-order valence-electron chi connectivity index (χ2n) is 4.89. The van der Waals surface area contributed by atoms with Crippen molar-refractivity contribution in [2.24, 2.45) is 0 Å². The van der Waals surface area contributed by atoms with Gasteiger partial charge in [0.25, 0.3) is 0 Å². The smallest absolute Gasteiger partial charge is 0.146 e. The van der Waals surface area contributed by atoms with Crippen molar-refractivity contribution in [1.82, 2.24) is 19.9 Å². The molecule has 0 fully saturated rings. The van der Waals surface area contributed by atoms with Gasteiger partial charge in [0, 0.05) is 15.4 Å². The largest absolute Gasteiger partial charge is 0.298 e. The average Bonchev–Trinajstić information content (AvgIpc) is 3.00. The molecule has 0 aliphatic heterocycles. The van der Waals surface area contributed by atoms with Gasteiger partial charge in [0.2, 0.25) is 0 Å². The van der Waals surface area contributed by atoms with E-state index in [1.807, 2.05) is 6.20 Å². The summed E-state index contributed by atoms with van der Waals surface area (Å²) < 4.78 is 40.0. The van der Waals surface area contributed by atoms with Gasteiger partial charge < -0.3 is 0 Å². The maximum atomic E-state index is 11.7. The Kier molecular flexibility index (Phi) is 4.79. The number of ketones is 1. The van der Waals surface area contributed by atoms with Gasteiger partial charge in [-0.1, -0.05) is 17.3 Å². The third kappa shape index (κ3) is 6.04. The number of allylic oxidation sites excluding steroid dienone is 1. The number of carbonyl (C=O) groups excluding carboxylic acids is 1. The number of aromatic nitrogens is 3. The molecule has 0 aromatic carbocycles. The molecule has 5 heteroatoms. The zero-order valence-corrected chi connectivity index (χ0v) is 12.7. The van der Waals surface area contributed by atoms with Crippen molar-refractivity contribution in [2.45, 2.75) is 45.7 Å². The Balaban J connectivity index is 2.73. The number of hydrogen-bond donors (Lipinski definition) is 0. The summed E-state index contributed by atoms with van der Waals surface area (Å²) in [5, 5.41) is 8.01. The number of aryl methyl sites for hydroxylation is 1. The van der Waals surface area contributed by atoms with Crippen molar-refractivity contribution in [1.29, 1.82) is 0 Å². The molecule has 1 heterocycles. The van der Waals surface area contributed by atoms with Crippen LogP contribution in [0.25, 0.3) is 0 Å². The minimum absolute atomic E-state index is 0.226. The predicted octanol–water partition coefficient (Wildman–Crippen LogP) is 2.25. The van der Waals surface area contributed by atoms with Gasteiger partial charge in [-0.25, -0.2) is 4.68 Å². The fourth-order valence-corrected chi connectivity index (χ4v) is 1.90. The van der Waals surface area contributed by atoms with Gasteiger partial charge in [0.1, 0.15) is 5.78 Å². The highest BCUT2D eigenvalue weighted by atomic mass is 16.1. The highest BCUT2D eigenvalue weighted by Crippen LogP contribution is 2.06. The van der Waals surface area contributed by atoms with Crippen LogP contribution in [-0.4, -0.2) is 44.8 Å². The Morgan fingerprint density at radius 1 is 1.71 bits per heavy atom. The van der Waals surface area contributed by atoms with Crippen LogP contribution in [-0.2, 0) is 17.8 Å². The van der Waals surface area contributed by atoms with Gasteiger partial charge in [0.15, 0.2) is 0 Å². The third-order valence-electron chi connectivity index (χ3n) is 3.24. The molecule has 21 heavy (non-hydrogen) atoms. The van der Waals surface area contributed by atoms with Crippen molar-refractivity contribution < 1.29 is 11.6 Å². The minimum Gasteiger partial charge on any atom is -0.298 e. The molecule has 0 radical (unpaired) electrons. The summed E-state index contributed by atoms with van der Waals surface area (Å²) in [4.78, 5) is 13.0. The van der Waals surface area contributed by atoms with Crippen molar-refractivity contribution in [2.75, 3.05) is 13.0 Å². The molecule has 0 amide bonds. The summed E-state index contributed by atoms with van der Waals surface area (Å²) in [5.41, 5.74) is 0.821. The lowest BCUT2D eigenvalue weighted by atomic mass is 10.1. The number of nitrogens with zero attached hydrogens (tertiary/aromatic N) is 4. The molecule has 0 spiro atoms. The fraction of sp³-hybridized carbons (Fsp3) is 0.562. The van der Waals surface area contributed by atoms with Crippen LogP contribution in [0.5, 0.6) is 0 Å². The summed E-state index contributed by atoms with van der Waals surface area (Å²) >= 11 is 0. The van der Waals surface area contributed by atoms with Crippen LogP contribution in [0.2, 0.25) is 0 Å². The normalized spacial score (nSPS) is 16.2. The lowest BCUT2D eigenvalue weighted by Crippen LogP contribution is -2.38. The van der Waals surface area contributed by atoms with Crippen molar-refractivity contribution in [3.05, 3.63) is 37.1 Å². The molecule has 0 saturated carbocycles.